The Hall–Kier alpha value is -2.23. The average molecular weight is 348 g/mol. The zero-order valence-corrected chi connectivity index (χ0v) is 14.9. The van der Waals surface area contributed by atoms with E-state index in [2.05, 4.69) is 34.5 Å². The molecule has 2 aromatic carbocycles. The third-order valence-electron chi connectivity index (χ3n) is 5.60. The van der Waals surface area contributed by atoms with E-state index in [1.165, 1.54) is 5.56 Å². The Bertz CT molecular complexity index is 825. The van der Waals surface area contributed by atoms with Crippen molar-refractivity contribution in [3.8, 4) is 6.07 Å². The maximum atomic E-state index is 14.0. The van der Waals surface area contributed by atoms with Gasteiger partial charge in [-0.25, -0.2) is 4.90 Å². The van der Waals surface area contributed by atoms with Crippen molar-refractivity contribution in [3.05, 3.63) is 70.4 Å². The van der Waals surface area contributed by atoms with Gasteiger partial charge in [-0.3, -0.25) is 0 Å². The first-order valence-corrected chi connectivity index (χ1v) is 9.28. The number of rotatable bonds is 2. The molecule has 5 nitrogen and oxygen atoms in total. The summed E-state index contributed by atoms with van der Waals surface area (Å²) in [5, 5.41) is 26.6. The van der Waals surface area contributed by atoms with Crippen LogP contribution in [0.3, 0.4) is 0 Å². The summed E-state index contributed by atoms with van der Waals surface area (Å²) in [5.74, 6) is 0. The standard InChI is InChI=1S/C21H24N4O/c22-13-17-4-3-7-21(12-17)25(26)15-19-6-2-1-5-18(19)14-24(16-25)20-8-10-23-11-9-20/h1-7,12,20,23H,8-11,14-16H2. The number of benzene rings is 2. The first-order chi connectivity index (χ1) is 12.7. The maximum absolute atomic E-state index is 14.0. The highest BCUT2D eigenvalue weighted by atomic mass is 16.5. The molecule has 1 fully saturated rings. The van der Waals surface area contributed by atoms with Crippen molar-refractivity contribution in [1.82, 2.24) is 14.9 Å². The maximum Gasteiger partial charge on any atom is 0.140 e. The Morgan fingerprint density at radius 1 is 1.08 bits per heavy atom. The largest absolute Gasteiger partial charge is 0.626 e. The number of nitrogens with zero attached hydrogens (tertiary/aromatic N) is 3. The number of nitriles is 1. The number of fused-ring (bicyclic) bond motifs is 1. The van der Waals surface area contributed by atoms with E-state index in [0.29, 0.717) is 30.5 Å². The number of piperidine rings is 1. The molecule has 134 valence electrons. The van der Waals surface area contributed by atoms with Gasteiger partial charge in [0.2, 0.25) is 0 Å². The predicted molar refractivity (Wildman–Crippen MR) is 103 cm³/mol. The monoisotopic (exact) mass is 348 g/mol. The van der Waals surface area contributed by atoms with Crippen LogP contribution in [0.25, 0.3) is 0 Å². The molecule has 2 heterocycles. The van der Waals surface area contributed by atoms with Gasteiger partial charge in [-0.1, -0.05) is 30.3 Å². The van der Waals surface area contributed by atoms with Crippen molar-refractivity contribution in [1.29, 1.82) is 5.26 Å². The normalized spacial score (nSPS) is 24.5. The molecule has 1 N–H and O–H groups in total. The van der Waals surface area contributed by atoms with Crippen molar-refractivity contribution in [2.24, 2.45) is 0 Å². The van der Waals surface area contributed by atoms with E-state index in [-0.39, 0.29) is 0 Å². The smallest absolute Gasteiger partial charge is 0.140 e. The molecule has 0 spiro atoms. The molecule has 0 aliphatic carbocycles. The number of nitrogens with one attached hydrogen (secondary N) is 1. The van der Waals surface area contributed by atoms with Gasteiger partial charge < -0.3 is 15.2 Å². The number of hydroxylamine groups is 2. The van der Waals surface area contributed by atoms with Crippen LogP contribution in [0.1, 0.15) is 29.5 Å². The number of hydrogen-bond acceptors (Lipinski definition) is 4. The molecule has 0 bridgehead atoms. The van der Waals surface area contributed by atoms with Crippen LogP contribution in [0, 0.1) is 16.5 Å². The summed E-state index contributed by atoms with van der Waals surface area (Å²) in [7, 11) is 0. The van der Waals surface area contributed by atoms with Crippen LogP contribution >= 0.6 is 0 Å². The highest BCUT2D eigenvalue weighted by Crippen LogP contribution is 2.32. The van der Waals surface area contributed by atoms with Crippen LogP contribution in [0.2, 0.25) is 0 Å². The van der Waals surface area contributed by atoms with E-state index in [1.807, 2.05) is 18.2 Å². The Balaban J connectivity index is 1.74. The summed E-state index contributed by atoms with van der Waals surface area (Å²) in [6.07, 6.45) is 2.14. The van der Waals surface area contributed by atoms with Crippen molar-refractivity contribution >= 4 is 5.69 Å². The van der Waals surface area contributed by atoms with Gasteiger partial charge in [-0.2, -0.15) is 5.26 Å². The average Bonchev–Trinajstić information content (AvgIpc) is 2.85. The van der Waals surface area contributed by atoms with Gasteiger partial charge in [0.05, 0.1) is 11.6 Å². The zero-order valence-electron chi connectivity index (χ0n) is 14.9. The minimum absolute atomic E-state index is 0.409. The molecule has 0 saturated carbocycles. The number of hydrogen-bond donors (Lipinski definition) is 1. The van der Waals surface area contributed by atoms with Crippen LogP contribution in [0.4, 0.5) is 5.69 Å². The van der Waals surface area contributed by atoms with Gasteiger partial charge >= 0.3 is 0 Å². The van der Waals surface area contributed by atoms with Gasteiger partial charge in [0.15, 0.2) is 0 Å². The molecule has 1 unspecified atom stereocenters. The molecule has 1 saturated heterocycles. The SMILES string of the molecule is N#Cc1cccc([N+]2([O-])Cc3ccccc3CN(C3CCNCC3)C2)c1. The van der Waals surface area contributed by atoms with Crippen LogP contribution in [-0.2, 0) is 13.1 Å². The Kier molecular flexibility index (Phi) is 4.75. The van der Waals surface area contributed by atoms with Gasteiger partial charge in [-0.15, -0.1) is 0 Å². The van der Waals surface area contributed by atoms with E-state index in [1.54, 1.807) is 12.1 Å². The zero-order chi connectivity index (χ0) is 18.0. The lowest BCUT2D eigenvalue weighted by Gasteiger charge is -2.45. The van der Waals surface area contributed by atoms with Crippen molar-refractivity contribution in [2.75, 3.05) is 19.8 Å². The molecule has 1 atom stereocenters. The molecule has 2 aliphatic heterocycles. The van der Waals surface area contributed by atoms with Crippen LogP contribution < -0.4 is 9.96 Å². The van der Waals surface area contributed by atoms with E-state index in [0.717, 1.165) is 38.0 Å². The van der Waals surface area contributed by atoms with E-state index >= 15 is 0 Å². The summed E-state index contributed by atoms with van der Waals surface area (Å²) in [5.41, 5.74) is 3.57. The summed E-state index contributed by atoms with van der Waals surface area (Å²) >= 11 is 0. The molecule has 4 rings (SSSR count). The van der Waals surface area contributed by atoms with Gasteiger partial charge in [0.25, 0.3) is 0 Å². The topological polar surface area (TPSA) is 62.1 Å². The van der Waals surface area contributed by atoms with Crippen LogP contribution in [0.15, 0.2) is 48.5 Å². The van der Waals surface area contributed by atoms with E-state index in [9.17, 15) is 10.5 Å². The molecular weight excluding hydrogens is 324 g/mol. The summed E-state index contributed by atoms with van der Waals surface area (Å²) < 4.78 is -0.434. The Morgan fingerprint density at radius 3 is 2.62 bits per heavy atom. The second-order valence-corrected chi connectivity index (χ2v) is 7.35. The van der Waals surface area contributed by atoms with Gasteiger partial charge in [0, 0.05) is 24.2 Å². The first-order valence-electron chi connectivity index (χ1n) is 9.28. The second kappa shape index (κ2) is 7.18. The van der Waals surface area contributed by atoms with E-state index in [4.69, 9.17) is 0 Å². The van der Waals surface area contributed by atoms with Crippen molar-refractivity contribution < 1.29 is 0 Å². The highest BCUT2D eigenvalue weighted by molar-refractivity contribution is 5.50. The summed E-state index contributed by atoms with van der Waals surface area (Å²) in [6, 6.07) is 18.1. The lowest BCUT2D eigenvalue weighted by molar-refractivity contribution is 0.101. The van der Waals surface area contributed by atoms with Crippen molar-refractivity contribution in [2.45, 2.75) is 32.0 Å². The fraction of sp³-hybridized carbons (Fsp3) is 0.381. The molecule has 26 heavy (non-hydrogen) atoms. The fourth-order valence-corrected chi connectivity index (χ4v) is 4.17. The minimum Gasteiger partial charge on any atom is -0.626 e. The minimum atomic E-state index is -0.434. The van der Waals surface area contributed by atoms with Gasteiger partial charge in [-0.05, 0) is 43.6 Å². The first kappa shape index (κ1) is 17.2. The third-order valence-corrected chi connectivity index (χ3v) is 5.60. The van der Waals surface area contributed by atoms with Gasteiger partial charge in [0.1, 0.15) is 18.9 Å². The Morgan fingerprint density at radius 2 is 1.85 bits per heavy atom. The quantitative estimate of drug-likeness (QED) is 0.669. The lowest BCUT2D eigenvalue weighted by atomic mass is 10.0. The molecule has 0 amide bonds. The third kappa shape index (κ3) is 3.37. The summed E-state index contributed by atoms with van der Waals surface area (Å²) in [4.78, 5) is 2.36. The fourth-order valence-electron chi connectivity index (χ4n) is 4.17. The summed E-state index contributed by atoms with van der Waals surface area (Å²) in [6.45, 7) is 3.67. The molecule has 2 aliphatic rings. The lowest BCUT2D eigenvalue weighted by Crippen LogP contribution is -2.53. The van der Waals surface area contributed by atoms with Crippen LogP contribution in [0.5, 0.6) is 0 Å². The highest BCUT2D eigenvalue weighted by Gasteiger charge is 2.33. The molecular formula is C21H24N4O. The molecule has 2 aromatic rings. The number of quaternary nitrogens is 1. The molecule has 5 heteroatoms. The molecule has 0 radical (unpaired) electrons. The second-order valence-electron chi connectivity index (χ2n) is 7.35. The molecule has 0 aromatic heterocycles. The Labute approximate surface area is 154 Å². The van der Waals surface area contributed by atoms with Crippen molar-refractivity contribution in [3.63, 3.8) is 0 Å². The van der Waals surface area contributed by atoms with E-state index < -0.39 is 4.65 Å². The predicted octanol–water partition coefficient (Wildman–Crippen LogP) is 3.09. The van der Waals surface area contributed by atoms with Crippen LogP contribution in [-0.4, -0.2) is 30.7 Å².